The van der Waals surface area contributed by atoms with Crippen molar-refractivity contribution in [3.05, 3.63) is 35.5 Å². The molecule has 6 heteroatoms. The van der Waals surface area contributed by atoms with Gasteiger partial charge >= 0.3 is 11.6 Å². The molecule has 0 aromatic heterocycles. The summed E-state index contributed by atoms with van der Waals surface area (Å²) < 4.78 is 4.74. The second-order valence-electron chi connectivity index (χ2n) is 6.13. The monoisotopic (exact) mass is 341 g/mol. The molecule has 0 unspecified atom stereocenters. The minimum Gasteiger partial charge on any atom is -0.453 e. The van der Waals surface area contributed by atoms with Crippen molar-refractivity contribution in [1.82, 2.24) is 5.32 Å². The first kappa shape index (κ1) is 20.3. The lowest BCUT2D eigenvalue weighted by Crippen LogP contribution is -2.45. The van der Waals surface area contributed by atoms with Crippen LogP contribution < -0.4 is 5.32 Å². The second kappa shape index (κ2) is 9.50. The number of hydrogen-bond acceptors (Lipinski definition) is 3. The first-order valence-corrected chi connectivity index (χ1v) is 8.14. The van der Waals surface area contributed by atoms with Gasteiger partial charge in [-0.1, -0.05) is 17.9 Å². The molecule has 1 aliphatic rings. The van der Waals surface area contributed by atoms with E-state index in [1.54, 1.807) is 6.08 Å². The molecule has 0 bridgehead atoms. The predicted octanol–water partition coefficient (Wildman–Crippen LogP) is 2.58. The number of esters is 1. The quantitative estimate of drug-likeness (QED) is 0.362. The minimum atomic E-state index is -1.27. The Morgan fingerprint density at radius 2 is 2.00 bits per heavy atom. The summed E-state index contributed by atoms with van der Waals surface area (Å²) in [6.07, 6.45) is 3.92. The molecular formula is C19H23N3O3. The first-order valence-electron chi connectivity index (χ1n) is 8.14. The van der Waals surface area contributed by atoms with Gasteiger partial charge in [-0.2, -0.15) is 0 Å². The van der Waals surface area contributed by atoms with Crippen LogP contribution in [0.4, 0.5) is 0 Å². The third-order valence-corrected chi connectivity index (χ3v) is 4.41. The largest absolute Gasteiger partial charge is 0.496 e. The third-order valence-electron chi connectivity index (χ3n) is 4.41. The molecule has 1 saturated carbocycles. The molecule has 0 aromatic rings. The number of rotatable bonds is 5. The lowest BCUT2D eigenvalue weighted by Gasteiger charge is -2.34. The number of nitrogens with one attached hydrogen (secondary N) is 1. The van der Waals surface area contributed by atoms with Gasteiger partial charge in [-0.05, 0) is 25.2 Å². The topological polar surface area (TPSA) is 64.1 Å². The average molecular weight is 341 g/mol. The van der Waals surface area contributed by atoms with Gasteiger partial charge in [-0.25, -0.2) is 22.8 Å². The van der Waals surface area contributed by atoms with Crippen LogP contribution in [0.15, 0.2) is 12.7 Å². The normalized spacial score (nSPS) is 22.3. The van der Waals surface area contributed by atoms with E-state index >= 15 is 0 Å². The molecule has 0 aliphatic heterocycles. The predicted molar refractivity (Wildman–Crippen MR) is 93.6 cm³/mol. The molecule has 6 nitrogen and oxygen atoms in total. The molecule has 25 heavy (non-hydrogen) atoms. The van der Waals surface area contributed by atoms with Crippen molar-refractivity contribution in [3.8, 4) is 11.8 Å². The van der Waals surface area contributed by atoms with Crippen molar-refractivity contribution in [2.45, 2.75) is 51.2 Å². The average Bonchev–Trinajstić information content (AvgIpc) is 2.58. The lowest BCUT2D eigenvalue weighted by atomic mass is 9.70. The smallest absolute Gasteiger partial charge is 0.453 e. The van der Waals surface area contributed by atoms with Crippen LogP contribution in [-0.2, 0) is 14.3 Å². The highest BCUT2D eigenvalue weighted by molar-refractivity contribution is 5.73. The van der Waals surface area contributed by atoms with Gasteiger partial charge in [0.2, 0.25) is 5.91 Å². The summed E-state index contributed by atoms with van der Waals surface area (Å²) in [6, 6.07) is 0.0426. The van der Waals surface area contributed by atoms with Crippen LogP contribution in [0.3, 0.4) is 0 Å². The van der Waals surface area contributed by atoms with E-state index in [2.05, 4.69) is 33.4 Å². The van der Waals surface area contributed by atoms with Crippen LogP contribution >= 0.6 is 0 Å². The van der Waals surface area contributed by atoms with Crippen molar-refractivity contribution < 1.29 is 14.3 Å². The van der Waals surface area contributed by atoms with Crippen molar-refractivity contribution in [2.24, 2.45) is 11.8 Å². The number of ether oxygens (including phenoxy) is 1. The van der Waals surface area contributed by atoms with Gasteiger partial charge in [0.25, 0.3) is 0 Å². The molecule has 0 radical (unpaired) electrons. The van der Waals surface area contributed by atoms with E-state index in [1.165, 1.54) is 13.8 Å². The third kappa shape index (κ3) is 5.66. The molecule has 1 N–H and O–H groups in total. The van der Waals surface area contributed by atoms with E-state index in [0.29, 0.717) is 12.8 Å². The molecular weight excluding hydrogens is 318 g/mol. The molecule has 0 spiro atoms. The van der Waals surface area contributed by atoms with Gasteiger partial charge < -0.3 is 10.1 Å². The summed E-state index contributed by atoms with van der Waals surface area (Å²) in [7, 11) is 0. The Morgan fingerprint density at radius 1 is 1.32 bits per heavy atom. The molecule has 1 fully saturated rings. The van der Waals surface area contributed by atoms with Crippen LogP contribution in [0.1, 0.15) is 39.5 Å². The molecule has 0 aromatic carbocycles. The van der Waals surface area contributed by atoms with Crippen LogP contribution in [0.2, 0.25) is 0 Å². The number of carbonyl (C=O) groups excluding carboxylic acids is 2. The van der Waals surface area contributed by atoms with E-state index in [4.69, 9.17) is 17.9 Å². The van der Waals surface area contributed by atoms with E-state index in [9.17, 15) is 9.59 Å². The highest BCUT2D eigenvalue weighted by Crippen LogP contribution is 2.43. The summed E-state index contributed by atoms with van der Waals surface area (Å²) >= 11 is 0. The second-order valence-corrected chi connectivity index (χ2v) is 6.13. The minimum absolute atomic E-state index is 0.0379. The van der Waals surface area contributed by atoms with Gasteiger partial charge in [-0.3, -0.25) is 9.59 Å². The van der Waals surface area contributed by atoms with E-state index < -0.39 is 11.6 Å². The van der Waals surface area contributed by atoms with Crippen molar-refractivity contribution in [3.63, 3.8) is 0 Å². The highest BCUT2D eigenvalue weighted by Gasteiger charge is 2.56. The fourth-order valence-electron chi connectivity index (χ4n) is 3.24. The van der Waals surface area contributed by atoms with Gasteiger partial charge in [0, 0.05) is 19.9 Å². The van der Waals surface area contributed by atoms with Crippen LogP contribution in [-0.4, -0.2) is 30.2 Å². The Hall–Kier alpha value is -2.78. The van der Waals surface area contributed by atoms with Gasteiger partial charge in [0.15, 0.2) is 13.0 Å². The molecule has 1 amide bonds. The molecule has 0 heterocycles. The van der Waals surface area contributed by atoms with E-state index in [0.717, 1.165) is 6.42 Å². The maximum Gasteiger partial charge on any atom is 0.496 e. The van der Waals surface area contributed by atoms with Crippen molar-refractivity contribution in [2.75, 3.05) is 6.61 Å². The maximum absolute atomic E-state index is 11.3. The highest BCUT2D eigenvalue weighted by atomic mass is 16.5. The Morgan fingerprint density at radius 3 is 2.52 bits per heavy atom. The summed E-state index contributed by atoms with van der Waals surface area (Å²) in [5.41, 5.74) is -1.27. The summed E-state index contributed by atoms with van der Waals surface area (Å²) in [5, 5.41) is 2.91. The van der Waals surface area contributed by atoms with E-state index in [1.807, 2.05) is 0 Å². The molecule has 1 rings (SSSR count). The van der Waals surface area contributed by atoms with E-state index in [-0.39, 0.29) is 36.8 Å². The van der Waals surface area contributed by atoms with Crippen molar-refractivity contribution in [1.29, 1.82) is 0 Å². The van der Waals surface area contributed by atoms with Gasteiger partial charge in [0.05, 0.1) is 0 Å². The molecule has 0 saturated heterocycles. The maximum atomic E-state index is 11.3. The van der Waals surface area contributed by atoms with Crippen LogP contribution in [0, 0.1) is 36.8 Å². The molecule has 1 aliphatic carbocycles. The Bertz CT molecular complexity index is 646. The number of amides is 1. The van der Waals surface area contributed by atoms with Gasteiger partial charge in [-0.15, -0.1) is 6.58 Å². The van der Waals surface area contributed by atoms with Crippen molar-refractivity contribution >= 4 is 11.9 Å². The summed E-state index contributed by atoms with van der Waals surface area (Å²) in [4.78, 5) is 29.2. The van der Waals surface area contributed by atoms with Crippen LogP contribution in [0.5, 0.6) is 0 Å². The lowest BCUT2D eigenvalue weighted by molar-refractivity contribution is -0.139. The first-order chi connectivity index (χ1) is 11.9. The molecule has 3 atom stereocenters. The Balaban J connectivity index is 2.88. The number of nitrogens with zero attached hydrogens (tertiary/aromatic N) is 2. The summed E-state index contributed by atoms with van der Waals surface area (Å²) in [5.74, 6) is 4.77. The number of allylic oxidation sites excluding steroid dienone is 1. The van der Waals surface area contributed by atoms with Gasteiger partial charge in [0.1, 0.15) is 5.92 Å². The molecule has 132 valence electrons. The zero-order chi connectivity index (χ0) is 18.9. The Kier molecular flexibility index (Phi) is 7.70. The zero-order valence-electron chi connectivity index (χ0n) is 14.7. The number of carbonyl (C=O) groups is 2. The van der Waals surface area contributed by atoms with Crippen LogP contribution in [0.25, 0.3) is 9.69 Å². The standard InChI is InChI=1S/C19H23N3O3/c1-6-16-13-17(22-14(2)23)9-10-18(16)19(20-4,21-5)11-7-8-12-25-15(3)24/h6,16-18H,1,9-13H2,2-3H3,(H,22,23)/t16-,17+,18-/m1/s1. The Labute approximate surface area is 149 Å². The number of hydrogen-bond donors (Lipinski definition) is 1. The fourth-order valence-corrected chi connectivity index (χ4v) is 3.24. The zero-order valence-corrected chi connectivity index (χ0v) is 14.7. The fraction of sp³-hybridized carbons (Fsp3) is 0.579. The SMILES string of the molecule is [C-]#[N+]C(CC#CCOC(C)=O)([N+]#[C-])[C@@H]1CC[C@H](NC(C)=O)C[C@H]1C=C. The summed E-state index contributed by atoms with van der Waals surface area (Å²) in [6.45, 7) is 21.7.